The Balaban J connectivity index is 2.12. The number of amides is 2. The first-order chi connectivity index (χ1) is 7.25. The van der Waals surface area contributed by atoms with Gasteiger partial charge in [0.05, 0.1) is 5.92 Å². The lowest BCUT2D eigenvalue weighted by atomic mass is 9.74. The van der Waals surface area contributed by atoms with E-state index in [0.717, 1.165) is 17.5 Å². The lowest BCUT2D eigenvalue weighted by Crippen LogP contribution is -2.48. The van der Waals surface area contributed by atoms with Gasteiger partial charge in [-0.2, -0.15) is 0 Å². The van der Waals surface area contributed by atoms with Gasteiger partial charge in [0.1, 0.15) is 0 Å². The van der Waals surface area contributed by atoms with Gasteiger partial charge >= 0.3 is 0 Å². The third-order valence-electron chi connectivity index (χ3n) is 3.35. The Hall–Kier alpha value is -1.64. The van der Waals surface area contributed by atoms with Crippen LogP contribution in [0.4, 0.5) is 0 Å². The predicted octanol–water partition coefficient (Wildman–Crippen LogP) is 0.989. The quantitative estimate of drug-likeness (QED) is 0.636. The van der Waals surface area contributed by atoms with Crippen LogP contribution in [-0.2, 0) is 16.0 Å². The van der Waals surface area contributed by atoms with Crippen molar-refractivity contribution in [2.24, 2.45) is 5.92 Å². The van der Waals surface area contributed by atoms with Gasteiger partial charge in [-0.3, -0.25) is 14.9 Å². The van der Waals surface area contributed by atoms with E-state index >= 15 is 0 Å². The number of benzene rings is 1. The highest BCUT2D eigenvalue weighted by Gasteiger charge is 2.39. The minimum absolute atomic E-state index is 0.0115. The first kappa shape index (κ1) is 8.65. The highest BCUT2D eigenvalue weighted by molar-refractivity contribution is 6.03. The Labute approximate surface area is 87.5 Å². The second kappa shape index (κ2) is 2.92. The summed E-state index contributed by atoms with van der Waals surface area (Å²) in [7, 11) is 0. The van der Waals surface area contributed by atoms with Gasteiger partial charge in [-0.15, -0.1) is 0 Å². The molecular formula is C12H11NO2. The zero-order valence-corrected chi connectivity index (χ0v) is 8.19. The zero-order chi connectivity index (χ0) is 10.4. The van der Waals surface area contributed by atoms with Crippen molar-refractivity contribution in [1.29, 1.82) is 0 Å². The SMILES string of the molecule is O=C1NC(=O)[C@H]2C[C@@H]1Cc1ccccc12. The molecule has 3 rings (SSSR count). The number of piperidine rings is 1. The van der Waals surface area contributed by atoms with Gasteiger partial charge in [0.2, 0.25) is 11.8 Å². The fourth-order valence-electron chi connectivity index (χ4n) is 2.58. The van der Waals surface area contributed by atoms with Crippen LogP contribution < -0.4 is 5.32 Å². The van der Waals surface area contributed by atoms with E-state index in [4.69, 9.17) is 0 Å². The number of hydrogen-bond donors (Lipinski definition) is 1. The molecule has 2 atom stereocenters. The average molecular weight is 201 g/mol. The summed E-state index contributed by atoms with van der Waals surface area (Å²) in [5.74, 6) is -0.366. The second-order valence-electron chi connectivity index (χ2n) is 4.24. The monoisotopic (exact) mass is 201 g/mol. The van der Waals surface area contributed by atoms with E-state index in [1.54, 1.807) is 0 Å². The summed E-state index contributed by atoms with van der Waals surface area (Å²) < 4.78 is 0. The summed E-state index contributed by atoms with van der Waals surface area (Å²) in [5.41, 5.74) is 2.25. The van der Waals surface area contributed by atoms with Crippen LogP contribution in [0.5, 0.6) is 0 Å². The van der Waals surface area contributed by atoms with Crippen molar-refractivity contribution >= 4 is 11.8 Å². The highest BCUT2D eigenvalue weighted by Crippen LogP contribution is 2.37. The third kappa shape index (κ3) is 1.19. The van der Waals surface area contributed by atoms with Gasteiger partial charge in [-0.25, -0.2) is 0 Å². The van der Waals surface area contributed by atoms with Crippen molar-refractivity contribution in [2.45, 2.75) is 18.8 Å². The summed E-state index contributed by atoms with van der Waals surface area (Å²) in [4.78, 5) is 23.1. The maximum atomic E-state index is 11.6. The molecule has 1 aliphatic carbocycles. The number of imide groups is 1. The summed E-state index contributed by atoms with van der Waals surface area (Å²) in [6.07, 6.45) is 1.45. The molecule has 2 amide bonds. The summed E-state index contributed by atoms with van der Waals surface area (Å²) in [6.45, 7) is 0. The topological polar surface area (TPSA) is 46.2 Å². The number of hydrogen-bond acceptors (Lipinski definition) is 2. The Morgan fingerprint density at radius 1 is 1.13 bits per heavy atom. The van der Waals surface area contributed by atoms with Crippen molar-refractivity contribution in [3.8, 4) is 0 Å². The number of carbonyl (C=O) groups is 2. The standard InChI is InChI=1S/C12H11NO2/c14-11-8-5-7-3-1-2-4-9(7)10(6-8)12(15)13-11/h1-4,8,10H,5-6H2,(H,13,14,15)/t8-,10-/m0/s1. The summed E-state index contributed by atoms with van der Waals surface area (Å²) in [5, 5.41) is 2.44. The third-order valence-corrected chi connectivity index (χ3v) is 3.35. The molecule has 0 unspecified atom stereocenters. The molecule has 2 bridgehead atoms. The van der Waals surface area contributed by atoms with Gasteiger partial charge in [-0.1, -0.05) is 24.3 Å². The van der Waals surface area contributed by atoms with Gasteiger partial charge in [0.25, 0.3) is 0 Å². The van der Waals surface area contributed by atoms with Crippen molar-refractivity contribution in [3.05, 3.63) is 35.4 Å². The predicted molar refractivity (Wildman–Crippen MR) is 54.1 cm³/mol. The molecule has 1 aromatic carbocycles. The van der Waals surface area contributed by atoms with Crippen LogP contribution in [0.1, 0.15) is 23.5 Å². The molecule has 1 heterocycles. The zero-order valence-electron chi connectivity index (χ0n) is 8.19. The minimum Gasteiger partial charge on any atom is -0.296 e. The van der Waals surface area contributed by atoms with E-state index in [0.29, 0.717) is 6.42 Å². The molecule has 0 spiro atoms. The number of carbonyl (C=O) groups excluding carboxylic acids is 2. The van der Waals surface area contributed by atoms with Crippen molar-refractivity contribution in [1.82, 2.24) is 5.32 Å². The number of fused-ring (bicyclic) bond motifs is 4. The van der Waals surface area contributed by atoms with E-state index in [-0.39, 0.29) is 23.7 Å². The smallest absolute Gasteiger partial charge is 0.234 e. The maximum absolute atomic E-state index is 11.6. The molecule has 1 aliphatic heterocycles. The van der Waals surface area contributed by atoms with Crippen molar-refractivity contribution < 1.29 is 9.59 Å². The van der Waals surface area contributed by atoms with E-state index in [2.05, 4.69) is 5.32 Å². The Bertz CT molecular complexity index is 453. The second-order valence-corrected chi connectivity index (χ2v) is 4.24. The molecular weight excluding hydrogens is 190 g/mol. The minimum atomic E-state index is -0.136. The maximum Gasteiger partial charge on any atom is 0.234 e. The summed E-state index contributed by atoms with van der Waals surface area (Å²) in [6, 6.07) is 7.91. The Kier molecular flexibility index (Phi) is 1.69. The Morgan fingerprint density at radius 2 is 1.93 bits per heavy atom. The van der Waals surface area contributed by atoms with E-state index in [9.17, 15) is 9.59 Å². The van der Waals surface area contributed by atoms with Crippen LogP contribution in [0.15, 0.2) is 24.3 Å². The van der Waals surface area contributed by atoms with E-state index in [1.807, 2.05) is 24.3 Å². The molecule has 1 saturated heterocycles. The van der Waals surface area contributed by atoms with Crippen LogP contribution in [0, 0.1) is 5.92 Å². The van der Waals surface area contributed by atoms with Gasteiger partial charge in [-0.05, 0) is 24.0 Å². The highest BCUT2D eigenvalue weighted by atomic mass is 16.2. The summed E-state index contributed by atoms with van der Waals surface area (Å²) >= 11 is 0. The van der Waals surface area contributed by atoms with Crippen LogP contribution in [-0.4, -0.2) is 11.8 Å². The van der Waals surface area contributed by atoms with Gasteiger partial charge < -0.3 is 0 Å². The first-order valence-corrected chi connectivity index (χ1v) is 5.18. The molecule has 0 saturated carbocycles. The molecule has 1 aromatic rings. The van der Waals surface area contributed by atoms with E-state index in [1.165, 1.54) is 0 Å². The largest absolute Gasteiger partial charge is 0.296 e. The van der Waals surface area contributed by atoms with Crippen LogP contribution in [0.3, 0.4) is 0 Å². The fraction of sp³-hybridized carbons (Fsp3) is 0.333. The van der Waals surface area contributed by atoms with Crippen LogP contribution in [0.2, 0.25) is 0 Å². The molecule has 2 aliphatic rings. The molecule has 1 fully saturated rings. The lowest BCUT2D eigenvalue weighted by molar-refractivity contribution is -0.138. The molecule has 0 aromatic heterocycles. The van der Waals surface area contributed by atoms with Crippen LogP contribution in [0.25, 0.3) is 0 Å². The first-order valence-electron chi connectivity index (χ1n) is 5.18. The number of nitrogens with one attached hydrogen (secondary N) is 1. The van der Waals surface area contributed by atoms with Crippen LogP contribution >= 0.6 is 0 Å². The van der Waals surface area contributed by atoms with Crippen molar-refractivity contribution in [2.75, 3.05) is 0 Å². The number of rotatable bonds is 0. The van der Waals surface area contributed by atoms with Gasteiger partial charge in [0, 0.05) is 5.92 Å². The Morgan fingerprint density at radius 3 is 2.80 bits per heavy atom. The molecule has 0 radical (unpaired) electrons. The normalized spacial score (nSPS) is 28.3. The lowest BCUT2D eigenvalue weighted by Gasteiger charge is -2.34. The van der Waals surface area contributed by atoms with E-state index < -0.39 is 0 Å². The van der Waals surface area contributed by atoms with Gasteiger partial charge in [0.15, 0.2) is 0 Å². The molecule has 3 nitrogen and oxygen atoms in total. The molecule has 1 N–H and O–H groups in total. The molecule has 76 valence electrons. The molecule has 15 heavy (non-hydrogen) atoms. The fourth-order valence-corrected chi connectivity index (χ4v) is 2.58. The average Bonchev–Trinajstić information content (AvgIpc) is 2.26. The molecule has 3 heteroatoms. The van der Waals surface area contributed by atoms with Crippen molar-refractivity contribution in [3.63, 3.8) is 0 Å².